The van der Waals surface area contributed by atoms with Crippen LogP contribution in [0.2, 0.25) is 0 Å². The molecule has 0 spiro atoms. The van der Waals surface area contributed by atoms with Crippen molar-refractivity contribution in [3.05, 3.63) is 41.9 Å². The first kappa shape index (κ1) is 14.3. The first-order chi connectivity index (χ1) is 10.7. The number of rotatable bonds is 5. The highest BCUT2D eigenvalue weighted by Crippen LogP contribution is 2.26. The van der Waals surface area contributed by atoms with Crippen LogP contribution in [0.3, 0.4) is 0 Å². The van der Waals surface area contributed by atoms with E-state index in [0.717, 1.165) is 18.4 Å². The van der Waals surface area contributed by atoms with Gasteiger partial charge in [-0.3, -0.25) is 4.79 Å². The minimum absolute atomic E-state index is 0.268. The topological polar surface area (TPSA) is 76.1 Å². The SMILES string of the molecule is COc1ccc(C)cc1NC(=O)c1cnc(NC2CC2)cn1. The lowest BCUT2D eigenvalue weighted by Gasteiger charge is -2.11. The Hall–Kier alpha value is -2.63. The second-order valence-corrected chi connectivity index (χ2v) is 5.36. The lowest BCUT2D eigenvalue weighted by atomic mass is 10.2. The van der Waals surface area contributed by atoms with Crippen LogP contribution in [0, 0.1) is 6.92 Å². The van der Waals surface area contributed by atoms with E-state index in [-0.39, 0.29) is 11.6 Å². The van der Waals surface area contributed by atoms with Gasteiger partial charge in [0.05, 0.1) is 25.2 Å². The molecule has 6 heteroatoms. The van der Waals surface area contributed by atoms with Gasteiger partial charge in [0.25, 0.3) is 5.91 Å². The van der Waals surface area contributed by atoms with Crippen molar-refractivity contribution < 1.29 is 9.53 Å². The molecule has 1 fully saturated rings. The van der Waals surface area contributed by atoms with Gasteiger partial charge in [0.2, 0.25) is 0 Å². The fourth-order valence-electron chi connectivity index (χ4n) is 2.06. The average molecular weight is 298 g/mol. The molecule has 2 N–H and O–H groups in total. The molecule has 3 rings (SSSR count). The fourth-order valence-corrected chi connectivity index (χ4v) is 2.06. The Bertz CT molecular complexity index is 681. The molecule has 1 amide bonds. The molecule has 0 atom stereocenters. The number of ether oxygens (including phenoxy) is 1. The van der Waals surface area contributed by atoms with Crippen LogP contribution in [0.4, 0.5) is 11.5 Å². The molecule has 6 nitrogen and oxygen atoms in total. The molecule has 2 aromatic rings. The van der Waals surface area contributed by atoms with Crippen molar-refractivity contribution in [1.82, 2.24) is 9.97 Å². The molecule has 0 unspecified atom stereocenters. The van der Waals surface area contributed by atoms with E-state index in [4.69, 9.17) is 4.74 Å². The van der Waals surface area contributed by atoms with E-state index in [1.807, 2.05) is 25.1 Å². The highest BCUT2D eigenvalue weighted by Gasteiger charge is 2.21. The zero-order valence-corrected chi connectivity index (χ0v) is 12.6. The van der Waals surface area contributed by atoms with Crippen molar-refractivity contribution in [2.24, 2.45) is 0 Å². The van der Waals surface area contributed by atoms with Crippen molar-refractivity contribution in [2.75, 3.05) is 17.7 Å². The standard InChI is InChI=1S/C16H18N4O2/c1-10-3-6-14(22-2)12(7-10)20-16(21)13-8-18-15(9-17-13)19-11-4-5-11/h3,6-9,11H,4-5H2,1-2H3,(H,18,19)(H,20,21). The van der Waals surface area contributed by atoms with E-state index >= 15 is 0 Å². The Morgan fingerprint density at radius 2 is 2.09 bits per heavy atom. The van der Waals surface area contributed by atoms with E-state index in [1.165, 1.54) is 6.20 Å². The zero-order valence-electron chi connectivity index (χ0n) is 12.6. The maximum absolute atomic E-state index is 12.2. The van der Waals surface area contributed by atoms with Crippen molar-refractivity contribution in [3.8, 4) is 5.75 Å². The van der Waals surface area contributed by atoms with E-state index in [0.29, 0.717) is 23.3 Å². The van der Waals surface area contributed by atoms with Gasteiger partial charge in [-0.15, -0.1) is 0 Å². The smallest absolute Gasteiger partial charge is 0.275 e. The normalized spacial score (nSPS) is 13.5. The Morgan fingerprint density at radius 3 is 2.73 bits per heavy atom. The number of nitrogens with one attached hydrogen (secondary N) is 2. The molecule has 1 aromatic heterocycles. The van der Waals surface area contributed by atoms with Gasteiger partial charge in [0.15, 0.2) is 0 Å². The van der Waals surface area contributed by atoms with Crippen molar-refractivity contribution >= 4 is 17.4 Å². The average Bonchev–Trinajstić information content (AvgIpc) is 3.32. The van der Waals surface area contributed by atoms with Crippen molar-refractivity contribution in [3.63, 3.8) is 0 Å². The van der Waals surface area contributed by atoms with Gasteiger partial charge >= 0.3 is 0 Å². The number of methoxy groups -OCH3 is 1. The Balaban J connectivity index is 1.72. The maximum atomic E-state index is 12.2. The summed E-state index contributed by atoms with van der Waals surface area (Å²) >= 11 is 0. The lowest BCUT2D eigenvalue weighted by Crippen LogP contribution is -2.15. The van der Waals surface area contributed by atoms with E-state index in [1.54, 1.807) is 13.3 Å². The number of aromatic nitrogens is 2. The van der Waals surface area contributed by atoms with Crippen LogP contribution in [-0.4, -0.2) is 29.0 Å². The molecular weight excluding hydrogens is 280 g/mol. The molecule has 0 radical (unpaired) electrons. The highest BCUT2D eigenvalue weighted by atomic mass is 16.5. The number of aryl methyl sites for hydroxylation is 1. The van der Waals surface area contributed by atoms with Crippen LogP contribution >= 0.6 is 0 Å². The number of amides is 1. The third-order valence-corrected chi connectivity index (χ3v) is 3.42. The number of hydrogen-bond acceptors (Lipinski definition) is 5. The van der Waals surface area contributed by atoms with Crippen LogP contribution in [0.25, 0.3) is 0 Å². The summed E-state index contributed by atoms with van der Waals surface area (Å²) in [5.41, 5.74) is 1.92. The van der Waals surface area contributed by atoms with Crippen LogP contribution in [0.5, 0.6) is 5.75 Å². The number of carbonyl (C=O) groups excluding carboxylic acids is 1. The molecule has 1 heterocycles. The van der Waals surface area contributed by atoms with Gasteiger partial charge in [-0.05, 0) is 37.5 Å². The molecule has 1 aliphatic carbocycles. The third-order valence-electron chi connectivity index (χ3n) is 3.42. The van der Waals surface area contributed by atoms with Gasteiger partial charge in [0.1, 0.15) is 17.3 Å². The predicted molar refractivity (Wildman–Crippen MR) is 84.4 cm³/mol. The van der Waals surface area contributed by atoms with Gasteiger partial charge in [-0.25, -0.2) is 9.97 Å². The van der Waals surface area contributed by atoms with Crippen LogP contribution in [-0.2, 0) is 0 Å². The molecule has 1 aliphatic rings. The predicted octanol–water partition coefficient (Wildman–Crippen LogP) is 2.62. The molecule has 0 aliphatic heterocycles. The molecule has 22 heavy (non-hydrogen) atoms. The van der Waals surface area contributed by atoms with Gasteiger partial charge in [-0.2, -0.15) is 0 Å². The third kappa shape index (κ3) is 3.33. The minimum Gasteiger partial charge on any atom is -0.495 e. The summed E-state index contributed by atoms with van der Waals surface area (Å²) in [5, 5.41) is 6.04. The van der Waals surface area contributed by atoms with E-state index < -0.39 is 0 Å². The Labute approximate surface area is 128 Å². The largest absolute Gasteiger partial charge is 0.495 e. The molecule has 1 saturated carbocycles. The van der Waals surface area contributed by atoms with Crippen LogP contribution < -0.4 is 15.4 Å². The number of carbonyl (C=O) groups is 1. The zero-order chi connectivity index (χ0) is 15.5. The van der Waals surface area contributed by atoms with Crippen molar-refractivity contribution in [1.29, 1.82) is 0 Å². The molecule has 114 valence electrons. The molecule has 0 bridgehead atoms. The summed E-state index contributed by atoms with van der Waals surface area (Å²) in [6.45, 7) is 1.95. The summed E-state index contributed by atoms with van der Waals surface area (Å²) in [6.07, 6.45) is 5.39. The van der Waals surface area contributed by atoms with Crippen LogP contribution in [0.1, 0.15) is 28.9 Å². The highest BCUT2D eigenvalue weighted by molar-refractivity contribution is 6.03. The van der Waals surface area contributed by atoms with E-state index in [2.05, 4.69) is 20.6 Å². The van der Waals surface area contributed by atoms with Gasteiger partial charge in [-0.1, -0.05) is 6.07 Å². The molecule has 0 saturated heterocycles. The monoisotopic (exact) mass is 298 g/mol. The van der Waals surface area contributed by atoms with Gasteiger partial charge < -0.3 is 15.4 Å². The quantitative estimate of drug-likeness (QED) is 0.887. The Morgan fingerprint density at radius 1 is 1.27 bits per heavy atom. The second kappa shape index (κ2) is 6.01. The summed E-state index contributed by atoms with van der Waals surface area (Å²) < 4.78 is 5.25. The molecular formula is C16H18N4O2. The number of anilines is 2. The van der Waals surface area contributed by atoms with Crippen molar-refractivity contribution in [2.45, 2.75) is 25.8 Å². The van der Waals surface area contributed by atoms with Gasteiger partial charge in [0, 0.05) is 6.04 Å². The summed E-state index contributed by atoms with van der Waals surface area (Å²) in [7, 11) is 1.57. The second-order valence-electron chi connectivity index (χ2n) is 5.36. The van der Waals surface area contributed by atoms with Crippen LogP contribution in [0.15, 0.2) is 30.6 Å². The lowest BCUT2D eigenvalue weighted by molar-refractivity contribution is 0.102. The van der Waals surface area contributed by atoms with E-state index in [9.17, 15) is 4.79 Å². The minimum atomic E-state index is -0.311. The summed E-state index contributed by atoms with van der Waals surface area (Å²) in [6, 6.07) is 6.10. The summed E-state index contributed by atoms with van der Waals surface area (Å²) in [5.74, 6) is 1.00. The Kier molecular flexibility index (Phi) is 3.91. The first-order valence-corrected chi connectivity index (χ1v) is 7.20. The number of nitrogens with zero attached hydrogens (tertiary/aromatic N) is 2. The fraction of sp³-hybridized carbons (Fsp3) is 0.312. The first-order valence-electron chi connectivity index (χ1n) is 7.20. The summed E-state index contributed by atoms with van der Waals surface area (Å²) in [4.78, 5) is 20.6. The molecule has 1 aromatic carbocycles. The number of benzene rings is 1. The maximum Gasteiger partial charge on any atom is 0.275 e. The number of hydrogen-bond donors (Lipinski definition) is 2.